The number of hydrogen-bond donors (Lipinski definition) is 1. The van der Waals surface area contributed by atoms with E-state index < -0.39 is 11.4 Å². The summed E-state index contributed by atoms with van der Waals surface area (Å²) in [6, 6.07) is 12.8. The van der Waals surface area contributed by atoms with Crippen LogP contribution in [-0.4, -0.2) is 49.2 Å². The van der Waals surface area contributed by atoms with Gasteiger partial charge < -0.3 is 14.9 Å². The molecule has 1 amide bonds. The molecule has 0 bridgehead atoms. The first-order chi connectivity index (χ1) is 12.9. The van der Waals surface area contributed by atoms with Crippen LogP contribution in [0.1, 0.15) is 17.2 Å². The summed E-state index contributed by atoms with van der Waals surface area (Å²) in [6.07, 6.45) is -0.352. The maximum absolute atomic E-state index is 13.1. The SMILES string of the molecule is CN(C)CCCN1C(=O)C(O)C(c2ccc(Cl)cc2)Sc2ccc(Cl)cc21. The van der Waals surface area contributed by atoms with Crippen LogP contribution in [-0.2, 0) is 4.79 Å². The van der Waals surface area contributed by atoms with Crippen molar-refractivity contribution in [3.8, 4) is 0 Å². The first-order valence-electron chi connectivity index (χ1n) is 8.72. The van der Waals surface area contributed by atoms with Gasteiger partial charge in [-0.25, -0.2) is 0 Å². The van der Waals surface area contributed by atoms with E-state index in [1.165, 1.54) is 11.8 Å². The Kier molecular flexibility index (Phi) is 6.71. The molecule has 0 aromatic heterocycles. The number of carbonyl (C=O) groups excluding carboxylic acids is 1. The van der Waals surface area contributed by atoms with Crippen molar-refractivity contribution in [2.45, 2.75) is 22.7 Å². The molecule has 27 heavy (non-hydrogen) atoms. The monoisotopic (exact) mass is 424 g/mol. The molecule has 1 aliphatic heterocycles. The predicted octanol–water partition coefficient (Wildman–Crippen LogP) is 4.49. The predicted molar refractivity (Wildman–Crippen MR) is 113 cm³/mol. The van der Waals surface area contributed by atoms with Crippen molar-refractivity contribution < 1.29 is 9.90 Å². The average Bonchev–Trinajstić information content (AvgIpc) is 2.72. The Bertz CT molecular complexity index is 814. The van der Waals surface area contributed by atoms with Crippen LogP contribution in [0.3, 0.4) is 0 Å². The van der Waals surface area contributed by atoms with Crippen molar-refractivity contribution in [3.63, 3.8) is 0 Å². The van der Waals surface area contributed by atoms with Gasteiger partial charge in [-0.2, -0.15) is 0 Å². The van der Waals surface area contributed by atoms with E-state index >= 15 is 0 Å². The van der Waals surface area contributed by atoms with Gasteiger partial charge in [-0.05, 0) is 63.0 Å². The summed E-state index contributed by atoms with van der Waals surface area (Å²) in [4.78, 5) is 17.8. The summed E-state index contributed by atoms with van der Waals surface area (Å²) in [7, 11) is 3.99. The fourth-order valence-corrected chi connectivity index (χ4v) is 4.63. The Hall–Kier alpha value is -1.24. The Labute approximate surface area is 174 Å². The summed E-state index contributed by atoms with van der Waals surface area (Å²) in [5.74, 6) is -0.303. The minimum atomic E-state index is -1.15. The fraction of sp³-hybridized carbons (Fsp3) is 0.350. The number of thioether (sulfide) groups is 1. The van der Waals surface area contributed by atoms with Gasteiger partial charge in [-0.15, -0.1) is 11.8 Å². The minimum absolute atomic E-state index is 0.303. The number of nitrogens with zero attached hydrogens (tertiary/aromatic N) is 2. The lowest BCUT2D eigenvalue weighted by atomic mass is 10.1. The van der Waals surface area contributed by atoms with Gasteiger partial charge in [0.15, 0.2) is 0 Å². The van der Waals surface area contributed by atoms with Gasteiger partial charge in [0.25, 0.3) is 5.91 Å². The van der Waals surface area contributed by atoms with Crippen LogP contribution in [0.4, 0.5) is 5.69 Å². The highest BCUT2D eigenvalue weighted by Crippen LogP contribution is 2.46. The topological polar surface area (TPSA) is 43.8 Å². The van der Waals surface area contributed by atoms with Crippen molar-refractivity contribution in [2.75, 3.05) is 32.1 Å². The molecule has 0 saturated heterocycles. The maximum atomic E-state index is 13.1. The Morgan fingerprint density at radius 3 is 2.44 bits per heavy atom. The number of fused-ring (bicyclic) bond motifs is 1. The molecule has 0 saturated carbocycles. The molecule has 2 atom stereocenters. The zero-order valence-electron chi connectivity index (χ0n) is 15.2. The molecule has 0 radical (unpaired) electrons. The zero-order chi connectivity index (χ0) is 19.6. The molecule has 1 heterocycles. The Balaban J connectivity index is 1.97. The number of anilines is 1. The van der Waals surface area contributed by atoms with E-state index in [2.05, 4.69) is 4.90 Å². The molecule has 0 aliphatic carbocycles. The van der Waals surface area contributed by atoms with Crippen molar-refractivity contribution in [3.05, 3.63) is 58.1 Å². The van der Waals surface area contributed by atoms with E-state index in [4.69, 9.17) is 23.2 Å². The second-order valence-electron chi connectivity index (χ2n) is 6.79. The van der Waals surface area contributed by atoms with E-state index in [0.717, 1.165) is 29.1 Å². The molecular weight excluding hydrogens is 403 g/mol. The quantitative estimate of drug-likeness (QED) is 0.767. The lowest BCUT2D eigenvalue weighted by Gasteiger charge is -2.25. The number of hydrogen-bond acceptors (Lipinski definition) is 4. The maximum Gasteiger partial charge on any atom is 0.257 e. The second kappa shape index (κ2) is 8.84. The smallest absolute Gasteiger partial charge is 0.257 e. The second-order valence-corrected chi connectivity index (χ2v) is 8.85. The van der Waals surface area contributed by atoms with Gasteiger partial charge in [0.2, 0.25) is 0 Å². The van der Waals surface area contributed by atoms with Crippen LogP contribution < -0.4 is 4.90 Å². The van der Waals surface area contributed by atoms with Crippen molar-refractivity contribution in [1.82, 2.24) is 4.90 Å². The van der Waals surface area contributed by atoms with E-state index in [1.807, 2.05) is 38.4 Å². The van der Waals surface area contributed by atoms with Gasteiger partial charge in [-0.1, -0.05) is 35.3 Å². The molecule has 0 spiro atoms. The summed E-state index contributed by atoms with van der Waals surface area (Å²) in [5.41, 5.74) is 1.62. The largest absolute Gasteiger partial charge is 0.382 e. The summed E-state index contributed by atoms with van der Waals surface area (Å²) in [5, 5.41) is 11.7. The number of benzene rings is 2. The van der Waals surface area contributed by atoms with Gasteiger partial charge >= 0.3 is 0 Å². The van der Waals surface area contributed by atoms with E-state index in [1.54, 1.807) is 23.1 Å². The minimum Gasteiger partial charge on any atom is -0.382 e. The molecular formula is C20H22Cl2N2O2S. The number of carbonyl (C=O) groups is 1. The van der Waals surface area contributed by atoms with Crippen LogP contribution in [0.25, 0.3) is 0 Å². The summed E-state index contributed by atoms with van der Waals surface area (Å²) >= 11 is 13.7. The molecule has 2 aromatic carbocycles. The third-order valence-electron chi connectivity index (χ3n) is 4.46. The lowest BCUT2D eigenvalue weighted by molar-refractivity contribution is -0.126. The van der Waals surface area contributed by atoms with Crippen LogP contribution in [0.5, 0.6) is 0 Å². The first kappa shape index (κ1) is 20.5. The number of aliphatic hydroxyl groups is 1. The Morgan fingerprint density at radius 2 is 1.78 bits per heavy atom. The van der Waals surface area contributed by atoms with Crippen molar-refractivity contribution >= 4 is 46.6 Å². The normalized spacial score (nSPS) is 19.9. The molecule has 7 heteroatoms. The molecule has 2 aromatic rings. The molecule has 1 N–H and O–H groups in total. The number of rotatable bonds is 5. The highest BCUT2D eigenvalue weighted by molar-refractivity contribution is 7.99. The number of aliphatic hydroxyl groups excluding tert-OH is 1. The summed E-state index contributed by atoms with van der Waals surface area (Å²) in [6.45, 7) is 1.37. The zero-order valence-corrected chi connectivity index (χ0v) is 17.6. The lowest BCUT2D eigenvalue weighted by Crippen LogP contribution is -2.41. The van der Waals surface area contributed by atoms with Crippen LogP contribution in [0, 0.1) is 0 Å². The van der Waals surface area contributed by atoms with Gasteiger partial charge in [0.05, 0.1) is 10.9 Å². The Morgan fingerprint density at radius 1 is 1.11 bits per heavy atom. The average molecular weight is 425 g/mol. The molecule has 2 unspecified atom stereocenters. The first-order valence-corrected chi connectivity index (χ1v) is 10.4. The molecule has 3 rings (SSSR count). The third-order valence-corrected chi connectivity index (χ3v) is 6.33. The van der Waals surface area contributed by atoms with Crippen LogP contribution in [0.2, 0.25) is 10.0 Å². The highest BCUT2D eigenvalue weighted by atomic mass is 35.5. The molecule has 144 valence electrons. The molecule has 0 fully saturated rings. The van der Waals surface area contributed by atoms with E-state index in [0.29, 0.717) is 16.6 Å². The van der Waals surface area contributed by atoms with Crippen LogP contribution in [0.15, 0.2) is 47.4 Å². The number of amides is 1. The highest BCUT2D eigenvalue weighted by Gasteiger charge is 2.37. The van der Waals surface area contributed by atoms with E-state index in [9.17, 15) is 9.90 Å². The third kappa shape index (κ3) is 4.79. The van der Waals surface area contributed by atoms with Crippen molar-refractivity contribution in [1.29, 1.82) is 0 Å². The number of halogens is 2. The van der Waals surface area contributed by atoms with Gasteiger partial charge in [0, 0.05) is 21.5 Å². The van der Waals surface area contributed by atoms with Gasteiger partial charge in [0.1, 0.15) is 6.10 Å². The van der Waals surface area contributed by atoms with Crippen molar-refractivity contribution in [2.24, 2.45) is 0 Å². The standard InChI is InChI=1S/C20H22Cl2N2O2S/c1-23(2)10-3-11-24-16-12-15(22)8-9-17(16)27-19(18(25)20(24)26)13-4-6-14(21)7-5-13/h4-9,12,18-19,25H,3,10-11H2,1-2H3. The fourth-order valence-electron chi connectivity index (χ4n) is 3.09. The van der Waals surface area contributed by atoms with E-state index in [-0.39, 0.29) is 5.91 Å². The summed E-state index contributed by atoms with van der Waals surface area (Å²) < 4.78 is 0. The van der Waals surface area contributed by atoms with Gasteiger partial charge in [-0.3, -0.25) is 4.79 Å². The van der Waals surface area contributed by atoms with Crippen LogP contribution >= 0.6 is 35.0 Å². The molecule has 1 aliphatic rings. The molecule has 4 nitrogen and oxygen atoms in total.